The molecule has 0 saturated carbocycles. The van der Waals surface area contributed by atoms with Crippen molar-refractivity contribution in [2.45, 2.75) is 51.4 Å². The Labute approximate surface area is 114 Å². The summed E-state index contributed by atoms with van der Waals surface area (Å²) in [6, 6.07) is 8.31. The van der Waals surface area contributed by atoms with Gasteiger partial charge in [-0.2, -0.15) is 0 Å². The molecular weight excluding hydrogens is 238 g/mol. The molecule has 0 radical (unpaired) electrons. The molecule has 1 aromatic carbocycles. The van der Waals surface area contributed by atoms with Gasteiger partial charge in [0.1, 0.15) is 0 Å². The Morgan fingerprint density at radius 2 is 2.00 bits per heavy atom. The van der Waals surface area contributed by atoms with Gasteiger partial charge in [0.15, 0.2) is 0 Å². The maximum absolute atomic E-state index is 10.5. The monoisotopic (exact) mass is 259 g/mol. The summed E-state index contributed by atoms with van der Waals surface area (Å²) in [5.74, 6) is -0.699. The Kier molecular flexibility index (Phi) is 4.03. The third-order valence-corrected chi connectivity index (χ3v) is 4.15. The number of aliphatic carboxylic acids is 1. The highest BCUT2D eigenvalue weighted by molar-refractivity contribution is 5.99. The fourth-order valence-corrected chi connectivity index (χ4v) is 2.78. The molecule has 1 unspecified atom stereocenters. The molecule has 1 aromatic rings. The molecule has 0 aliphatic carbocycles. The van der Waals surface area contributed by atoms with Crippen LogP contribution >= 0.6 is 0 Å². The van der Waals surface area contributed by atoms with Crippen molar-refractivity contribution in [2.75, 3.05) is 0 Å². The second-order valence-corrected chi connectivity index (χ2v) is 5.50. The van der Waals surface area contributed by atoms with Crippen molar-refractivity contribution < 1.29 is 9.90 Å². The molecular formula is C16H21NO2. The number of nitrogens with zero attached hydrogens (tertiary/aromatic N) is 1. The maximum Gasteiger partial charge on any atom is 0.303 e. The number of unbranched alkanes of at least 4 members (excludes halogenated alkanes) is 2. The molecule has 3 nitrogen and oxygen atoms in total. The highest BCUT2D eigenvalue weighted by Gasteiger charge is 2.35. The molecule has 0 fully saturated rings. The van der Waals surface area contributed by atoms with Gasteiger partial charge in [0, 0.05) is 17.5 Å². The van der Waals surface area contributed by atoms with E-state index in [1.807, 2.05) is 6.07 Å². The predicted molar refractivity (Wildman–Crippen MR) is 77.3 cm³/mol. The zero-order valence-electron chi connectivity index (χ0n) is 11.6. The van der Waals surface area contributed by atoms with Gasteiger partial charge >= 0.3 is 5.97 Å². The van der Waals surface area contributed by atoms with Crippen LogP contribution in [0.3, 0.4) is 0 Å². The Hall–Kier alpha value is -1.64. The molecule has 0 spiro atoms. The standard InChI is InChI=1S/C16H21NO2/c1-12-16(2,11-7-3-4-10-15(18)19)13-8-5-6-9-14(13)17-12/h5-6,8-9H,3-4,7,10-11H2,1-2H3,(H,18,19). The third kappa shape index (κ3) is 2.86. The summed E-state index contributed by atoms with van der Waals surface area (Å²) in [7, 11) is 0. The summed E-state index contributed by atoms with van der Waals surface area (Å²) >= 11 is 0. The molecule has 19 heavy (non-hydrogen) atoms. The molecule has 3 heteroatoms. The Bertz CT molecular complexity index is 507. The van der Waals surface area contributed by atoms with E-state index in [0.29, 0.717) is 0 Å². The first-order chi connectivity index (χ1) is 9.04. The van der Waals surface area contributed by atoms with E-state index in [1.165, 1.54) is 11.3 Å². The van der Waals surface area contributed by atoms with Crippen LogP contribution in [0.2, 0.25) is 0 Å². The van der Waals surface area contributed by atoms with Crippen LogP contribution in [0.4, 0.5) is 5.69 Å². The number of fused-ring (bicyclic) bond motifs is 1. The number of carboxylic acids is 1. The molecule has 0 saturated heterocycles. The van der Waals surface area contributed by atoms with Gasteiger partial charge in [-0.3, -0.25) is 9.79 Å². The Morgan fingerprint density at radius 3 is 2.74 bits per heavy atom. The van der Waals surface area contributed by atoms with E-state index in [0.717, 1.165) is 31.4 Å². The topological polar surface area (TPSA) is 49.7 Å². The molecule has 1 aliphatic rings. The number of carboxylic acid groups (broad SMARTS) is 1. The number of aliphatic imine (C=N–C) groups is 1. The van der Waals surface area contributed by atoms with Crippen LogP contribution in [0, 0.1) is 0 Å². The van der Waals surface area contributed by atoms with Crippen molar-refractivity contribution in [3.05, 3.63) is 29.8 Å². The lowest BCUT2D eigenvalue weighted by atomic mass is 9.76. The first-order valence-electron chi connectivity index (χ1n) is 6.91. The fraction of sp³-hybridized carbons (Fsp3) is 0.500. The summed E-state index contributed by atoms with van der Waals surface area (Å²) in [4.78, 5) is 15.1. The van der Waals surface area contributed by atoms with E-state index in [1.54, 1.807) is 0 Å². The van der Waals surface area contributed by atoms with Crippen LogP contribution in [0.1, 0.15) is 51.5 Å². The van der Waals surface area contributed by atoms with Crippen LogP contribution < -0.4 is 0 Å². The number of benzene rings is 1. The second-order valence-electron chi connectivity index (χ2n) is 5.50. The van der Waals surface area contributed by atoms with E-state index in [-0.39, 0.29) is 11.8 Å². The van der Waals surface area contributed by atoms with Crippen molar-refractivity contribution >= 4 is 17.4 Å². The third-order valence-electron chi connectivity index (χ3n) is 4.15. The van der Waals surface area contributed by atoms with E-state index < -0.39 is 5.97 Å². The van der Waals surface area contributed by atoms with Crippen molar-refractivity contribution in [1.82, 2.24) is 0 Å². The zero-order valence-corrected chi connectivity index (χ0v) is 11.6. The zero-order chi connectivity index (χ0) is 13.9. The van der Waals surface area contributed by atoms with Gasteiger partial charge in [0.05, 0.1) is 5.69 Å². The fourth-order valence-electron chi connectivity index (χ4n) is 2.78. The van der Waals surface area contributed by atoms with Crippen molar-refractivity contribution in [3.8, 4) is 0 Å². The van der Waals surface area contributed by atoms with Crippen LogP contribution in [-0.4, -0.2) is 16.8 Å². The summed E-state index contributed by atoms with van der Waals surface area (Å²) in [5.41, 5.74) is 3.60. The quantitative estimate of drug-likeness (QED) is 0.782. The van der Waals surface area contributed by atoms with Gasteiger partial charge < -0.3 is 5.11 Å². The molecule has 1 N–H and O–H groups in total. The van der Waals surface area contributed by atoms with E-state index >= 15 is 0 Å². The Morgan fingerprint density at radius 1 is 1.26 bits per heavy atom. The molecule has 0 aromatic heterocycles. The largest absolute Gasteiger partial charge is 0.481 e. The van der Waals surface area contributed by atoms with Crippen molar-refractivity contribution in [3.63, 3.8) is 0 Å². The SMILES string of the molecule is CC1=Nc2ccccc2C1(C)CCCCCC(=O)O. The summed E-state index contributed by atoms with van der Waals surface area (Å²) in [6.45, 7) is 4.34. The highest BCUT2D eigenvalue weighted by Crippen LogP contribution is 2.43. The minimum Gasteiger partial charge on any atom is -0.481 e. The van der Waals surface area contributed by atoms with Crippen LogP contribution in [-0.2, 0) is 10.2 Å². The normalized spacial score (nSPS) is 21.1. The van der Waals surface area contributed by atoms with Crippen molar-refractivity contribution in [1.29, 1.82) is 0 Å². The minimum atomic E-state index is -0.699. The van der Waals surface area contributed by atoms with E-state index in [9.17, 15) is 4.79 Å². The molecule has 0 amide bonds. The molecule has 1 heterocycles. The van der Waals surface area contributed by atoms with Crippen molar-refractivity contribution in [2.24, 2.45) is 4.99 Å². The van der Waals surface area contributed by atoms with Crippen LogP contribution in [0.25, 0.3) is 0 Å². The van der Waals surface area contributed by atoms with E-state index in [2.05, 4.69) is 37.0 Å². The van der Waals surface area contributed by atoms with Gasteiger partial charge in [-0.25, -0.2) is 0 Å². The van der Waals surface area contributed by atoms with Crippen LogP contribution in [0.15, 0.2) is 29.3 Å². The van der Waals surface area contributed by atoms with Gasteiger partial charge in [-0.05, 0) is 31.4 Å². The molecule has 2 rings (SSSR count). The van der Waals surface area contributed by atoms with Crippen LogP contribution in [0.5, 0.6) is 0 Å². The highest BCUT2D eigenvalue weighted by atomic mass is 16.4. The van der Waals surface area contributed by atoms with Gasteiger partial charge in [0.25, 0.3) is 0 Å². The molecule has 0 bridgehead atoms. The summed E-state index contributed by atoms with van der Waals surface area (Å²) < 4.78 is 0. The lowest BCUT2D eigenvalue weighted by Gasteiger charge is -2.26. The first-order valence-corrected chi connectivity index (χ1v) is 6.91. The number of hydrogen-bond acceptors (Lipinski definition) is 2. The van der Waals surface area contributed by atoms with Gasteiger partial charge in [-0.1, -0.05) is 38.0 Å². The number of carbonyl (C=O) groups is 1. The van der Waals surface area contributed by atoms with E-state index in [4.69, 9.17) is 5.11 Å². The predicted octanol–water partition coefficient (Wildman–Crippen LogP) is 4.09. The average Bonchev–Trinajstić information content (AvgIpc) is 2.62. The molecule has 102 valence electrons. The van der Waals surface area contributed by atoms with Gasteiger partial charge in [0.2, 0.25) is 0 Å². The maximum atomic E-state index is 10.5. The molecule has 1 aliphatic heterocycles. The lowest BCUT2D eigenvalue weighted by molar-refractivity contribution is -0.137. The minimum absolute atomic E-state index is 0.0276. The summed E-state index contributed by atoms with van der Waals surface area (Å²) in [6.07, 6.45) is 4.10. The molecule has 1 atom stereocenters. The second kappa shape index (κ2) is 5.55. The number of hydrogen-bond donors (Lipinski definition) is 1. The lowest BCUT2D eigenvalue weighted by Crippen LogP contribution is -2.27. The smallest absolute Gasteiger partial charge is 0.303 e. The number of rotatable bonds is 6. The average molecular weight is 259 g/mol. The summed E-state index contributed by atoms with van der Waals surface area (Å²) in [5, 5.41) is 8.63. The first kappa shape index (κ1) is 13.8. The number of para-hydroxylation sites is 1. The Balaban J connectivity index is 1.96. The van der Waals surface area contributed by atoms with Gasteiger partial charge in [-0.15, -0.1) is 0 Å².